The van der Waals surface area contributed by atoms with E-state index in [9.17, 15) is 4.79 Å². The van der Waals surface area contributed by atoms with Gasteiger partial charge in [-0.1, -0.05) is 0 Å². The van der Waals surface area contributed by atoms with E-state index in [1.54, 1.807) is 12.4 Å². The minimum absolute atomic E-state index is 0.0561. The molecule has 4 rings (SSSR count). The van der Waals surface area contributed by atoms with E-state index in [1.807, 2.05) is 11.0 Å². The molecule has 1 aromatic heterocycles. The summed E-state index contributed by atoms with van der Waals surface area (Å²) in [7, 11) is 0. The van der Waals surface area contributed by atoms with Crippen LogP contribution in [0.2, 0.25) is 0 Å². The summed E-state index contributed by atoms with van der Waals surface area (Å²) >= 11 is 0. The maximum absolute atomic E-state index is 12.5. The Kier molecular flexibility index (Phi) is 4.37. The molecule has 3 fully saturated rings. The van der Waals surface area contributed by atoms with Crippen molar-refractivity contribution in [2.75, 3.05) is 50.9 Å². The number of piperidine rings is 1. The highest BCUT2D eigenvalue weighted by molar-refractivity contribution is 5.79. The Labute approximate surface area is 142 Å². The molecule has 0 radical (unpaired) electrons. The molecule has 0 saturated carbocycles. The van der Waals surface area contributed by atoms with Gasteiger partial charge < -0.3 is 19.3 Å². The fourth-order valence-corrected chi connectivity index (χ4v) is 3.89. The number of morpholine rings is 1. The largest absolute Gasteiger partial charge is 0.381 e. The standard InChI is InChI=1S/C17H24N4O3/c22-15(14-2-10-23-12-14)20-7-3-17(4-8-20)13-21(9-11-24-17)16-18-5-1-6-19-16/h1,5-6,14H,2-4,7-13H2. The van der Waals surface area contributed by atoms with Crippen LogP contribution in [0.1, 0.15) is 19.3 Å². The predicted octanol–water partition coefficient (Wildman–Crippen LogP) is 0.711. The molecule has 1 amide bonds. The predicted molar refractivity (Wildman–Crippen MR) is 87.7 cm³/mol. The van der Waals surface area contributed by atoms with Gasteiger partial charge in [0.15, 0.2) is 0 Å². The van der Waals surface area contributed by atoms with Gasteiger partial charge in [-0.3, -0.25) is 4.79 Å². The number of likely N-dealkylation sites (tertiary alicyclic amines) is 1. The van der Waals surface area contributed by atoms with E-state index >= 15 is 0 Å². The van der Waals surface area contributed by atoms with Crippen LogP contribution < -0.4 is 4.90 Å². The molecule has 0 N–H and O–H groups in total. The number of carbonyl (C=O) groups is 1. The van der Waals surface area contributed by atoms with Gasteiger partial charge in [-0.15, -0.1) is 0 Å². The van der Waals surface area contributed by atoms with Gasteiger partial charge >= 0.3 is 0 Å². The lowest BCUT2D eigenvalue weighted by Crippen LogP contribution is -2.58. The van der Waals surface area contributed by atoms with Gasteiger partial charge in [0.05, 0.1) is 31.3 Å². The van der Waals surface area contributed by atoms with Crippen molar-refractivity contribution in [2.45, 2.75) is 24.9 Å². The Balaban J connectivity index is 1.38. The summed E-state index contributed by atoms with van der Waals surface area (Å²) in [6.45, 7) is 5.11. The van der Waals surface area contributed by atoms with Gasteiger partial charge in [-0.2, -0.15) is 0 Å². The minimum Gasteiger partial charge on any atom is -0.381 e. The van der Waals surface area contributed by atoms with E-state index in [0.717, 1.165) is 51.4 Å². The van der Waals surface area contributed by atoms with Crippen molar-refractivity contribution in [1.29, 1.82) is 0 Å². The first-order valence-electron chi connectivity index (χ1n) is 8.78. The highest BCUT2D eigenvalue weighted by Gasteiger charge is 2.42. The third-order valence-corrected chi connectivity index (χ3v) is 5.35. The van der Waals surface area contributed by atoms with Crippen LogP contribution in [-0.2, 0) is 14.3 Å². The van der Waals surface area contributed by atoms with Crippen LogP contribution in [-0.4, -0.2) is 72.4 Å². The number of ether oxygens (including phenoxy) is 2. The van der Waals surface area contributed by atoms with Crippen LogP contribution in [0.5, 0.6) is 0 Å². The molecule has 24 heavy (non-hydrogen) atoms. The van der Waals surface area contributed by atoms with Crippen LogP contribution in [0.15, 0.2) is 18.5 Å². The summed E-state index contributed by atoms with van der Waals surface area (Å²) < 4.78 is 11.5. The number of aromatic nitrogens is 2. The van der Waals surface area contributed by atoms with E-state index in [0.29, 0.717) is 19.8 Å². The lowest BCUT2D eigenvalue weighted by Gasteiger charge is -2.47. The Morgan fingerprint density at radius 1 is 1.17 bits per heavy atom. The molecule has 0 aliphatic carbocycles. The maximum atomic E-state index is 12.5. The number of rotatable bonds is 2. The molecule has 7 heteroatoms. The third kappa shape index (κ3) is 3.10. The number of hydrogen-bond donors (Lipinski definition) is 0. The first kappa shape index (κ1) is 15.8. The molecule has 1 unspecified atom stereocenters. The molecule has 1 atom stereocenters. The molecule has 0 aromatic carbocycles. The van der Waals surface area contributed by atoms with Crippen molar-refractivity contribution >= 4 is 11.9 Å². The van der Waals surface area contributed by atoms with Crippen LogP contribution in [0, 0.1) is 5.92 Å². The third-order valence-electron chi connectivity index (χ3n) is 5.35. The topological polar surface area (TPSA) is 67.8 Å². The highest BCUT2D eigenvalue weighted by Crippen LogP contribution is 2.32. The van der Waals surface area contributed by atoms with Crippen molar-refractivity contribution < 1.29 is 14.3 Å². The lowest BCUT2D eigenvalue weighted by atomic mass is 9.88. The van der Waals surface area contributed by atoms with Crippen molar-refractivity contribution in [1.82, 2.24) is 14.9 Å². The Morgan fingerprint density at radius 2 is 1.96 bits per heavy atom. The molecule has 3 saturated heterocycles. The molecule has 1 aromatic rings. The second-order valence-corrected chi connectivity index (χ2v) is 6.89. The van der Waals surface area contributed by atoms with E-state index < -0.39 is 0 Å². The summed E-state index contributed by atoms with van der Waals surface area (Å²) in [5.74, 6) is 1.07. The summed E-state index contributed by atoms with van der Waals surface area (Å²) in [5.41, 5.74) is -0.180. The second kappa shape index (κ2) is 6.64. The molecule has 7 nitrogen and oxygen atoms in total. The Hall–Kier alpha value is -1.73. The van der Waals surface area contributed by atoms with Gasteiger partial charge in [0.2, 0.25) is 11.9 Å². The van der Waals surface area contributed by atoms with Crippen molar-refractivity contribution in [2.24, 2.45) is 5.92 Å². The van der Waals surface area contributed by atoms with Crippen LogP contribution >= 0.6 is 0 Å². The minimum atomic E-state index is -0.180. The average Bonchev–Trinajstić information content (AvgIpc) is 3.17. The lowest BCUT2D eigenvalue weighted by molar-refractivity contribution is -0.143. The number of amides is 1. The molecule has 0 bridgehead atoms. The number of carbonyl (C=O) groups excluding carboxylic acids is 1. The first-order chi connectivity index (χ1) is 11.8. The summed E-state index contributed by atoms with van der Waals surface area (Å²) in [5, 5.41) is 0. The highest BCUT2D eigenvalue weighted by atomic mass is 16.5. The van der Waals surface area contributed by atoms with E-state index in [2.05, 4.69) is 14.9 Å². The van der Waals surface area contributed by atoms with E-state index in [4.69, 9.17) is 9.47 Å². The molecular weight excluding hydrogens is 308 g/mol. The normalized spacial score (nSPS) is 26.8. The second-order valence-electron chi connectivity index (χ2n) is 6.89. The molecule has 3 aliphatic rings. The van der Waals surface area contributed by atoms with Gasteiger partial charge in [-0.05, 0) is 25.3 Å². The SMILES string of the molecule is O=C(C1CCOC1)N1CCC2(CC1)CN(c1ncccn1)CCO2. The van der Waals surface area contributed by atoms with Gasteiger partial charge in [0.25, 0.3) is 0 Å². The number of nitrogens with zero attached hydrogens (tertiary/aromatic N) is 4. The van der Waals surface area contributed by atoms with Crippen LogP contribution in [0.3, 0.4) is 0 Å². The monoisotopic (exact) mass is 332 g/mol. The Morgan fingerprint density at radius 3 is 2.67 bits per heavy atom. The van der Waals surface area contributed by atoms with Crippen LogP contribution in [0.4, 0.5) is 5.95 Å². The Bertz CT molecular complexity index is 568. The van der Waals surface area contributed by atoms with Gasteiger partial charge in [0, 0.05) is 38.6 Å². The van der Waals surface area contributed by atoms with Gasteiger partial charge in [0.1, 0.15) is 0 Å². The average molecular weight is 332 g/mol. The fourth-order valence-electron chi connectivity index (χ4n) is 3.89. The molecule has 130 valence electrons. The van der Waals surface area contributed by atoms with Crippen molar-refractivity contribution in [3.63, 3.8) is 0 Å². The first-order valence-corrected chi connectivity index (χ1v) is 8.78. The van der Waals surface area contributed by atoms with Crippen LogP contribution in [0.25, 0.3) is 0 Å². The fraction of sp³-hybridized carbons (Fsp3) is 0.706. The zero-order valence-electron chi connectivity index (χ0n) is 13.9. The number of hydrogen-bond acceptors (Lipinski definition) is 6. The molecule has 3 aliphatic heterocycles. The summed E-state index contributed by atoms with van der Waals surface area (Å²) in [4.78, 5) is 25.4. The van der Waals surface area contributed by atoms with Crippen molar-refractivity contribution in [3.8, 4) is 0 Å². The smallest absolute Gasteiger partial charge is 0.228 e. The molecule has 1 spiro atoms. The van der Waals surface area contributed by atoms with Gasteiger partial charge in [-0.25, -0.2) is 9.97 Å². The number of anilines is 1. The van der Waals surface area contributed by atoms with E-state index in [1.165, 1.54) is 0 Å². The summed E-state index contributed by atoms with van der Waals surface area (Å²) in [6, 6.07) is 1.83. The zero-order chi connectivity index (χ0) is 16.4. The summed E-state index contributed by atoms with van der Waals surface area (Å²) in [6.07, 6.45) is 6.15. The van der Waals surface area contributed by atoms with Crippen molar-refractivity contribution in [3.05, 3.63) is 18.5 Å². The molecular formula is C17H24N4O3. The van der Waals surface area contributed by atoms with E-state index in [-0.39, 0.29) is 17.4 Å². The maximum Gasteiger partial charge on any atom is 0.228 e. The quantitative estimate of drug-likeness (QED) is 0.795. The zero-order valence-corrected chi connectivity index (χ0v) is 13.9. The molecule has 4 heterocycles.